The molecule has 0 spiro atoms. The van der Waals surface area contributed by atoms with Gasteiger partial charge in [-0.15, -0.1) is 21.8 Å². The normalized spacial score (nSPS) is 18.4. The highest BCUT2D eigenvalue weighted by Gasteiger charge is 2.37. The van der Waals surface area contributed by atoms with Crippen LogP contribution in [-0.4, -0.2) is 51.0 Å². The van der Waals surface area contributed by atoms with Gasteiger partial charge in [0.15, 0.2) is 0 Å². The first kappa shape index (κ1) is 33.3. The van der Waals surface area contributed by atoms with Gasteiger partial charge in [0.1, 0.15) is 23.7 Å². The van der Waals surface area contributed by atoms with E-state index in [0.717, 1.165) is 24.0 Å². The number of halogens is 4. The van der Waals surface area contributed by atoms with Crippen LogP contribution in [0.3, 0.4) is 0 Å². The molecule has 0 radical (unpaired) electrons. The largest absolute Gasteiger partial charge is 0.695 e. The van der Waals surface area contributed by atoms with Gasteiger partial charge < -0.3 is 25.4 Å². The number of nitrogens with one attached hydrogen (secondary N) is 2. The lowest BCUT2D eigenvalue weighted by Gasteiger charge is -2.27. The lowest BCUT2D eigenvalue weighted by Crippen LogP contribution is -2.18. The lowest BCUT2D eigenvalue weighted by atomic mass is 9.80. The van der Waals surface area contributed by atoms with Crippen LogP contribution in [0.4, 0.5) is 36.3 Å². The molecule has 1 unspecified atom stereocenters. The Morgan fingerprint density at radius 3 is 2.48 bits per heavy atom. The van der Waals surface area contributed by atoms with Crippen molar-refractivity contribution in [3.05, 3.63) is 64.3 Å². The van der Waals surface area contributed by atoms with Crippen LogP contribution in [0.1, 0.15) is 64.2 Å². The first-order valence-corrected chi connectivity index (χ1v) is 14.6. The van der Waals surface area contributed by atoms with Crippen molar-refractivity contribution in [3.8, 4) is 5.75 Å². The molecule has 0 bridgehead atoms. The summed E-state index contributed by atoms with van der Waals surface area (Å²) >= 11 is 0. The fraction of sp³-hybridized carbons (Fsp3) is 0.393. The molecule has 236 valence electrons. The van der Waals surface area contributed by atoms with Crippen molar-refractivity contribution in [1.82, 2.24) is 14.9 Å². The highest BCUT2D eigenvalue weighted by molar-refractivity contribution is 7.32. The maximum absolute atomic E-state index is 14.0. The Labute approximate surface area is 258 Å². The monoisotopic (exact) mass is 656 g/mol. The van der Waals surface area contributed by atoms with E-state index in [2.05, 4.69) is 20.6 Å². The van der Waals surface area contributed by atoms with Gasteiger partial charge in [0.05, 0.1) is 30.2 Å². The highest BCUT2D eigenvalue weighted by Crippen LogP contribution is 2.42. The Kier molecular flexibility index (Phi) is 10.3. The van der Waals surface area contributed by atoms with Gasteiger partial charge in [-0.2, -0.15) is 18.2 Å². The van der Waals surface area contributed by atoms with E-state index in [4.69, 9.17) is 14.2 Å². The van der Waals surface area contributed by atoms with Crippen molar-refractivity contribution in [2.45, 2.75) is 57.0 Å². The molecule has 1 saturated carbocycles. The molecule has 1 aliphatic heterocycles. The number of methoxy groups -OCH3 is 1. The molecule has 4 N–H and O–H groups in total. The fourth-order valence-corrected chi connectivity index (χ4v) is 5.76. The van der Waals surface area contributed by atoms with Gasteiger partial charge in [-0.25, -0.2) is 4.98 Å². The maximum atomic E-state index is 14.0. The zero-order valence-electron chi connectivity index (χ0n) is 23.7. The fourth-order valence-electron chi connectivity index (χ4n) is 5.50. The van der Waals surface area contributed by atoms with Crippen LogP contribution in [-0.2, 0) is 28.4 Å². The molecule has 44 heavy (non-hydrogen) atoms. The molecule has 2 heterocycles. The Morgan fingerprint density at radius 1 is 1.11 bits per heavy atom. The van der Waals surface area contributed by atoms with Crippen LogP contribution < -0.4 is 15.4 Å². The van der Waals surface area contributed by atoms with Crippen molar-refractivity contribution in [3.63, 3.8) is 0 Å². The molecular weight excluding hydrogens is 626 g/mol. The number of benzene rings is 2. The number of alkyl halides is 3. The smallest absolute Gasteiger partial charge is 0.495 e. The van der Waals surface area contributed by atoms with Crippen molar-refractivity contribution in [1.29, 1.82) is 0 Å². The Balaban J connectivity index is 0.00000442. The van der Waals surface area contributed by atoms with Crippen molar-refractivity contribution in [2.75, 3.05) is 24.8 Å². The lowest BCUT2D eigenvalue weighted by molar-refractivity contribution is -0.137. The number of carbonyl (C=O) groups excluding carboxylic acids is 1. The van der Waals surface area contributed by atoms with E-state index < -0.39 is 25.8 Å². The van der Waals surface area contributed by atoms with E-state index in [1.807, 2.05) is 6.07 Å². The number of anilines is 4. The number of ether oxygens (including phenoxy) is 1. The van der Waals surface area contributed by atoms with Crippen LogP contribution in [0.5, 0.6) is 5.75 Å². The van der Waals surface area contributed by atoms with Gasteiger partial charge in [-0.3, -0.25) is 4.79 Å². The van der Waals surface area contributed by atoms with Crippen LogP contribution in [0.25, 0.3) is 0 Å². The third kappa shape index (κ3) is 7.22. The van der Waals surface area contributed by atoms with Crippen LogP contribution >= 0.6 is 20.7 Å². The summed E-state index contributed by atoms with van der Waals surface area (Å²) in [4.78, 5) is 31.6. The Bertz CT molecular complexity index is 1550. The number of aliphatic hydroxyl groups is 1. The average Bonchev–Trinajstić information content (AvgIpc) is 3.26. The maximum Gasteiger partial charge on any atom is 0.695 e. The van der Waals surface area contributed by atoms with E-state index >= 15 is 0 Å². The number of carbonyl (C=O) groups is 1. The number of hydrogen-bond donors (Lipinski definition) is 4. The van der Waals surface area contributed by atoms with E-state index in [9.17, 15) is 27.6 Å². The summed E-state index contributed by atoms with van der Waals surface area (Å²) in [6, 6.07) is 8.10. The Hall–Kier alpha value is -3.55. The number of nitrogens with zero attached hydrogens (tertiary/aromatic N) is 3. The molecule has 1 aliphatic carbocycles. The molecule has 1 aromatic heterocycles. The van der Waals surface area contributed by atoms with Crippen LogP contribution in [0, 0.1) is 0 Å². The third-order valence-electron chi connectivity index (χ3n) is 7.64. The quantitative estimate of drug-likeness (QED) is 0.197. The number of hydrogen-bond acceptors (Lipinski definition) is 9. The highest BCUT2D eigenvalue weighted by atomic mass is 35.5. The summed E-state index contributed by atoms with van der Waals surface area (Å²) in [7, 11) is 0.227. The third-order valence-corrected chi connectivity index (χ3v) is 7.99. The zero-order chi connectivity index (χ0) is 30.9. The molecule has 2 aromatic carbocycles. The number of rotatable bonds is 9. The molecule has 11 nitrogen and oxygen atoms in total. The summed E-state index contributed by atoms with van der Waals surface area (Å²) < 4.78 is 63.0. The number of amides is 1. The zero-order valence-corrected chi connectivity index (χ0v) is 25.4. The molecule has 2 aliphatic rings. The van der Waals surface area contributed by atoms with Gasteiger partial charge in [0.25, 0.3) is 5.91 Å². The molecule has 1 atom stereocenters. The van der Waals surface area contributed by atoms with Crippen molar-refractivity contribution >= 4 is 49.7 Å². The van der Waals surface area contributed by atoms with Gasteiger partial charge >= 0.3 is 14.4 Å². The predicted molar refractivity (Wildman–Crippen MR) is 158 cm³/mol. The first-order valence-electron chi connectivity index (χ1n) is 13.5. The summed E-state index contributed by atoms with van der Waals surface area (Å²) in [6.07, 6.45) is -1.66. The van der Waals surface area contributed by atoms with Gasteiger partial charge in [-0.1, -0.05) is 12.1 Å². The number of aromatic nitrogens is 2. The summed E-state index contributed by atoms with van der Waals surface area (Å²) in [5.74, 6) is -0.613. The summed E-state index contributed by atoms with van der Waals surface area (Å²) in [5.41, 5.74) is 1.96. The molecule has 16 heteroatoms. The molecule has 1 fully saturated rings. The number of fused-ring (bicyclic) bond motifs is 1. The second-order valence-electron chi connectivity index (χ2n) is 10.5. The average molecular weight is 657 g/mol. The summed E-state index contributed by atoms with van der Waals surface area (Å²) in [5, 5.41) is 15.5. The van der Waals surface area contributed by atoms with Crippen molar-refractivity contribution < 1.29 is 41.8 Å². The topological polar surface area (TPSA) is 146 Å². The first-order chi connectivity index (χ1) is 20.4. The second kappa shape index (κ2) is 13.6. The van der Waals surface area contributed by atoms with Crippen molar-refractivity contribution in [2.24, 2.45) is 0 Å². The van der Waals surface area contributed by atoms with Crippen LogP contribution in [0.15, 0.2) is 36.5 Å². The minimum absolute atomic E-state index is 0. The molecule has 1 amide bonds. The van der Waals surface area contributed by atoms with E-state index in [0.29, 0.717) is 42.4 Å². The second-order valence-corrected chi connectivity index (χ2v) is 11.2. The molecule has 0 saturated heterocycles. The van der Waals surface area contributed by atoms with E-state index in [1.54, 1.807) is 25.2 Å². The van der Waals surface area contributed by atoms with E-state index in [1.165, 1.54) is 18.1 Å². The van der Waals surface area contributed by atoms with Gasteiger partial charge in [0, 0.05) is 24.4 Å². The molecule has 3 aromatic rings. The predicted octanol–water partition coefficient (Wildman–Crippen LogP) is 6.18. The van der Waals surface area contributed by atoms with E-state index in [-0.39, 0.29) is 54.3 Å². The standard InChI is InChI=1S/C28H29F3N5O6P.ClH/c1-36-13-19-18(16-4-6-17(37)7-5-16)8-10-22(24(19)26(36)38)33-25-20(28(29,30)31)12-32-27(35-25)34-21-9-3-15(11-23(21)41-2)14-42-43(39)40;/h3,8-12,16-17,37H,4-7,13-14H2,1-2H3,(H2-,32,33,34,35,38,39,40);1H/p+1. The molecule has 5 rings (SSSR count). The molecular formula is C28H31ClF3N5O6P+. The minimum Gasteiger partial charge on any atom is -0.495 e. The van der Waals surface area contributed by atoms with Crippen LogP contribution in [0.2, 0.25) is 0 Å². The minimum atomic E-state index is -4.79. The Morgan fingerprint density at radius 2 is 1.82 bits per heavy atom. The van der Waals surface area contributed by atoms with Gasteiger partial charge in [0.2, 0.25) is 5.95 Å². The summed E-state index contributed by atoms with van der Waals surface area (Å²) in [6.45, 7) is 0.170. The number of aliphatic hydroxyl groups excluding tert-OH is 1. The van der Waals surface area contributed by atoms with Gasteiger partial charge in [-0.05, 0) is 66.5 Å². The SMILES string of the molecule is COc1cc(CO[P+](=O)O)ccc1Nc1ncc(C(F)(F)F)c(Nc2ccc(C3CCC(O)CC3)c3c2C(=O)N(C)C3)n1.Cl.